The number of hydrogen-bond acceptors (Lipinski definition) is 10. The van der Waals surface area contributed by atoms with Crippen molar-refractivity contribution in [2.24, 2.45) is 0 Å². The zero-order valence-electron chi connectivity index (χ0n) is 24.0. The molecule has 0 atom stereocenters. The smallest absolute Gasteiger partial charge is 0.277 e. The topological polar surface area (TPSA) is 176 Å². The van der Waals surface area contributed by atoms with Crippen LogP contribution in [0.4, 0.5) is 0 Å². The van der Waals surface area contributed by atoms with Crippen LogP contribution in [-0.2, 0) is 16.6 Å². The summed E-state index contributed by atoms with van der Waals surface area (Å²) in [4.78, 5) is 39.9. The summed E-state index contributed by atoms with van der Waals surface area (Å²) in [5.74, 6) is -0.155. The molecular formula is C28H34N8O6S. The van der Waals surface area contributed by atoms with Crippen LogP contribution in [0.15, 0.2) is 52.4 Å². The van der Waals surface area contributed by atoms with Crippen molar-refractivity contribution in [1.29, 1.82) is 0 Å². The minimum absolute atomic E-state index is 0.00880. The van der Waals surface area contributed by atoms with Crippen molar-refractivity contribution in [2.45, 2.75) is 24.8 Å². The van der Waals surface area contributed by atoms with Gasteiger partial charge < -0.3 is 20.1 Å². The van der Waals surface area contributed by atoms with Gasteiger partial charge in [-0.05, 0) is 36.2 Å². The molecule has 0 aliphatic carbocycles. The minimum Gasteiger partial charge on any atom is -0.493 e. The molecule has 3 N–H and O–H groups in total. The molecule has 3 aromatic heterocycles. The maximum atomic E-state index is 13.7. The standard InChI is InChI=1S/C28H34N8O6S/c1-3-15-42-22-7-6-20(43(40,41)35-11-9-34(10-12-35)13-14-37)16-21(22)26-31-23-24(27(38)29-2)33-36(25(23)28(39)32-26)18-19-5-4-8-30-17-19/h4-8,16-17,37H,3,9-15,18H2,1-2H3,(H,29,38)(H,31,32,39). The first-order chi connectivity index (χ1) is 20.8. The average molecular weight is 611 g/mol. The van der Waals surface area contributed by atoms with Gasteiger partial charge in [-0.3, -0.25) is 24.2 Å². The predicted octanol–water partition coefficient (Wildman–Crippen LogP) is 0.677. The lowest BCUT2D eigenvalue weighted by atomic mass is 10.1. The van der Waals surface area contributed by atoms with Crippen LogP contribution >= 0.6 is 0 Å². The number of hydrogen-bond donors (Lipinski definition) is 3. The number of aromatic amines is 1. The van der Waals surface area contributed by atoms with Crippen LogP contribution in [0.1, 0.15) is 29.4 Å². The number of aliphatic hydroxyl groups excluding tert-OH is 1. The molecule has 1 aliphatic heterocycles. The molecule has 0 saturated carbocycles. The van der Waals surface area contributed by atoms with Gasteiger partial charge in [-0.1, -0.05) is 13.0 Å². The summed E-state index contributed by atoms with van der Waals surface area (Å²) in [6.45, 7) is 4.52. The number of nitrogens with zero attached hydrogens (tertiary/aromatic N) is 6. The molecule has 5 rings (SSSR count). The van der Waals surface area contributed by atoms with Gasteiger partial charge >= 0.3 is 0 Å². The molecule has 228 valence electrons. The van der Waals surface area contributed by atoms with Crippen molar-refractivity contribution in [2.75, 3.05) is 53.0 Å². The molecule has 0 radical (unpaired) electrons. The molecule has 1 fully saturated rings. The number of aromatic nitrogens is 5. The van der Waals surface area contributed by atoms with Crippen LogP contribution in [0.2, 0.25) is 0 Å². The Labute approximate surface area is 248 Å². The quantitative estimate of drug-likeness (QED) is 0.219. The molecule has 1 aromatic carbocycles. The first kappa shape index (κ1) is 30.3. The van der Waals surface area contributed by atoms with Crippen molar-refractivity contribution in [1.82, 2.24) is 39.3 Å². The van der Waals surface area contributed by atoms with Gasteiger partial charge in [-0.25, -0.2) is 13.4 Å². The second kappa shape index (κ2) is 13.0. The van der Waals surface area contributed by atoms with Crippen LogP contribution in [0.25, 0.3) is 22.4 Å². The molecule has 1 saturated heterocycles. The monoisotopic (exact) mass is 610 g/mol. The fourth-order valence-electron chi connectivity index (χ4n) is 4.94. The van der Waals surface area contributed by atoms with Crippen molar-refractivity contribution >= 4 is 27.0 Å². The van der Waals surface area contributed by atoms with Crippen molar-refractivity contribution in [3.05, 3.63) is 64.3 Å². The van der Waals surface area contributed by atoms with Crippen LogP contribution in [0.3, 0.4) is 0 Å². The van der Waals surface area contributed by atoms with Crippen molar-refractivity contribution in [3.8, 4) is 17.1 Å². The van der Waals surface area contributed by atoms with Gasteiger partial charge in [0.25, 0.3) is 11.5 Å². The second-order valence-electron chi connectivity index (χ2n) is 10.0. The van der Waals surface area contributed by atoms with E-state index in [2.05, 4.69) is 25.4 Å². The Morgan fingerprint density at radius 1 is 1.19 bits per heavy atom. The molecule has 0 bridgehead atoms. The largest absolute Gasteiger partial charge is 0.493 e. The van der Waals surface area contributed by atoms with E-state index in [9.17, 15) is 23.1 Å². The number of β-amino-alcohol motifs (C(OH)–C–C–N with tert-alkyl or cyclic N) is 1. The van der Waals surface area contributed by atoms with E-state index in [-0.39, 0.29) is 59.3 Å². The number of carbonyl (C=O) groups is 1. The lowest BCUT2D eigenvalue weighted by molar-refractivity contribution is 0.0958. The molecule has 1 amide bonds. The van der Waals surface area contributed by atoms with E-state index in [1.165, 1.54) is 28.2 Å². The maximum absolute atomic E-state index is 13.7. The fourth-order valence-corrected chi connectivity index (χ4v) is 6.39. The Hall–Kier alpha value is -4.18. The lowest BCUT2D eigenvalue weighted by Gasteiger charge is -2.33. The molecular weight excluding hydrogens is 576 g/mol. The Bertz CT molecular complexity index is 1770. The molecule has 1 aliphatic rings. The van der Waals surface area contributed by atoms with Crippen molar-refractivity contribution < 1.29 is 23.1 Å². The van der Waals surface area contributed by atoms with Gasteiger partial charge in [0.05, 0.1) is 30.2 Å². The van der Waals surface area contributed by atoms with E-state index in [1.54, 1.807) is 24.5 Å². The van der Waals surface area contributed by atoms with Gasteiger partial charge in [0, 0.05) is 52.2 Å². The minimum atomic E-state index is -3.89. The average Bonchev–Trinajstić information content (AvgIpc) is 3.39. The molecule has 14 nitrogen and oxygen atoms in total. The summed E-state index contributed by atoms with van der Waals surface area (Å²) >= 11 is 0. The predicted molar refractivity (Wildman–Crippen MR) is 158 cm³/mol. The number of piperazine rings is 1. The van der Waals surface area contributed by atoms with Crippen LogP contribution in [0.5, 0.6) is 5.75 Å². The molecule has 0 spiro atoms. The number of rotatable bonds is 11. The number of H-pyrrole nitrogens is 1. The highest BCUT2D eigenvalue weighted by atomic mass is 32.2. The van der Waals surface area contributed by atoms with E-state index in [1.807, 2.05) is 17.9 Å². The Kier molecular flexibility index (Phi) is 9.15. The normalized spacial score (nSPS) is 14.7. The van der Waals surface area contributed by atoms with E-state index < -0.39 is 21.5 Å². The first-order valence-electron chi connectivity index (χ1n) is 14.0. The lowest BCUT2D eigenvalue weighted by Crippen LogP contribution is -2.49. The first-order valence-corrected chi connectivity index (χ1v) is 15.4. The van der Waals surface area contributed by atoms with Crippen LogP contribution in [0, 0.1) is 0 Å². The molecule has 43 heavy (non-hydrogen) atoms. The van der Waals surface area contributed by atoms with Gasteiger partial charge in [0.1, 0.15) is 17.1 Å². The summed E-state index contributed by atoms with van der Waals surface area (Å²) in [5, 5.41) is 16.2. The number of carbonyl (C=O) groups excluding carboxylic acids is 1. The Morgan fingerprint density at radius 2 is 1.98 bits per heavy atom. The molecule has 15 heteroatoms. The van der Waals surface area contributed by atoms with E-state index >= 15 is 0 Å². The summed E-state index contributed by atoms with van der Waals surface area (Å²) in [5.41, 5.74) is 0.582. The highest BCUT2D eigenvalue weighted by molar-refractivity contribution is 7.89. The summed E-state index contributed by atoms with van der Waals surface area (Å²) in [6, 6.07) is 8.04. The SMILES string of the molecule is CCCOc1ccc(S(=O)(=O)N2CCN(CCO)CC2)cc1-c1nc2c(C(=O)NC)nn(Cc3cccnc3)c2c(=O)[nH]1. The number of ether oxygens (including phenoxy) is 1. The number of amides is 1. The zero-order chi connectivity index (χ0) is 30.6. The van der Waals surface area contributed by atoms with Crippen molar-refractivity contribution in [3.63, 3.8) is 0 Å². The van der Waals surface area contributed by atoms with E-state index in [4.69, 9.17) is 4.74 Å². The number of sulfonamides is 1. The maximum Gasteiger partial charge on any atom is 0.277 e. The number of fused-ring (bicyclic) bond motifs is 1. The van der Waals surface area contributed by atoms with Gasteiger partial charge in [-0.2, -0.15) is 9.40 Å². The summed E-state index contributed by atoms with van der Waals surface area (Å²) < 4.78 is 36.0. The molecule has 4 heterocycles. The van der Waals surface area contributed by atoms with Gasteiger partial charge in [-0.15, -0.1) is 0 Å². The summed E-state index contributed by atoms with van der Waals surface area (Å²) in [7, 11) is -2.44. The number of pyridine rings is 1. The third-order valence-corrected chi connectivity index (χ3v) is 9.04. The number of benzene rings is 1. The highest BCUT2D eigenvalue weighted by Crippen LogP contribution is 2.32. The number of nitrogens with one attached hydrogen (secondary N) is 2. The Morgan fingerprint density at radius 3 is 2.65 bits per heavy atom. The van der Waals surface area contributed by atoms with Crippen LogP contribution in [-0.4, -0.2) is 106 Å². The fraction of sp³-hybridized carbons (Fsp3) is 0.393. The van der Waals surface area contributed by atoms with Gasteiger partial charge in [0.2, 0.25) is 10.0 Å². The third-order valence-electron chi connectivity index (χ3n) is 7.15. The van der Waals surface area contributed by atoms with E-state index in [0.29, 0.717) is 38.4 Å². The van der Waals surface area contributed by atoms with Crippen LogP contribution < -0.4 is 15.6 Å². The Balaban J connectivity index is 1.60. The highest BCUT2D eigenvalue weighted by Gasteiger charge is 2.30. The zero-order valence-corrected chi connectivity index (χ0v) is 24.8. The summed E-state index contributed by atoms with van der Waals surface area (Å²) in [6.07, 6.45) is 3.96. The molecule has 4 aromatic rings. The number of aliphatic hydroxyl groups is 1. The third kappa shape index (κ3) is 6.29. The van der Waals surface area contributed by atoms with Gasteiger partial charge in [0.15, 0.2) is 11.2 Å². The molecule has 0 unspecified atom stereocenters. The van der Waals surface area contributed by atoms with E-state index in [0.717, 1.165) is 5.56 Å². The second-order valence-corrected chi connectivity index (χ2v) is 12.0.